The normalized spacial score (nSPS) is 11.2. The van der Waals surface area contributed by atoms with Crippen LogP contribution in [0.25, 0.3) is 6.08 Å². The maximum atomic E-state index is 13.1. The smallest absolute Gasteiger partial charge is 0.345 e. The topological polar surface area (TPSA) is 109 Å². The summed E-state index contributed by atoms with van der Waals surface area (Å²) in [5.74, 6) is -1.38. The lowest BCUT2D eigenvalue weighted by Crippen LogP contribution is -2.32. The molecule has 0 atom stereocenters. The zero-order chi connectivity index (χ0) is 31.6. The predicted molar refractivity (Wildman–Crippen MR) is 173 cm³/mol. The Morgan fingerprint density at radius 2 is 1.55 bits per heavy atom. The van der Waals surface area contributed by atoms with Gasteiger partial charge in [0.1, 0.15) is 5.70 Å². The van der Waals surface area contributed by atoms with Gasteiger partial charge in [0.2, 0.25) is 0 Å². The molecule has 0 saturated heterocycles. The second-order valence-electron chi connectivity index (χ2n) is 9.49. The summed E-state index contributed by atoms with van der Waals surface area (Å²) in [6.07, 6.45) is 2.94. The Balaban J connectivity index is 1.49. The van der Waals surface area contributed by atoms with Gasteiger partial charge in [-0.1, -0.05) is 53.5 Å². The van der Waals surface area contributed by atoms with E-state index in [4.69, 9.17) is 32.7 Å². The fraction of sp³-hybridized carbons (Fsp3) is 0.0909. The lowest BCUT2D eigenvalue weighted by Gasteiger charge is -2.13. The Hall–Kier alpha value is -5.12. The van der Waals surface area contributed by atoms with E-state index in [1.165, 1.54) is 37.6 Å². The van der Waals surface area contributed by atoms with Crippen LogP contribution in [0.1, 0.15) is 31.8 Å². The number of carbonyl (C=O) groups is 3. The summed E-state index contributed by atoms with van der Waals surface area (Å²) >= 11 is 12.0. The predicted octanol–water partition coefficient (Wildman–Crippen LogP) is 6.21. The number of halogens is 2. The molecule has 0 aromatic heterocycles. The molecule has 0 saturated carbocycles. The minimum Gasteiger partial charge on any atom is -0.493 e. The van der Waals surface area contributed by atoms with Gasteiger partial charge in [0.15, 0.2) is 11.5 Å². The van der Waals surface area contributed by atoms with Crippen LogP contribution in [-0.2, 0) is 4.79 Å². The summed E-state index contributed by atoms with van der Waals surface area (Å²) in [6, 6.07) is 25.2. The van der Waals surface area contributed by atoms with Gasteiger partial charge in [-0.05, 0) is 77.9 Å². The Labute approximate surface area is 264 Å². The van der Waals surface area contributed by atoms with Crippen LogP contribution in [0.3, 0.4) is 0 Å². The van der Waals surface area contributed by atoms with Crippen LogP contribution >= 0.6 is 23.2 Å². The van der Waals surface area contributed by atoms with E-state index in [9.17, 15) is 14.4 Å². The van der Waals surface area contributed by atoms with Crippen molar-refractivity contribution in [2.45, 2.75) is 0 Å². The van der Waals surface area contributed by atoms with E-state index in [1.807, 2.05) is 43.3 Å². The van der Waals surface area contributed by atoms with Crippen LogP contribution in [0.15, 0.2) is 102 Å². The molecule has 4 rings (SSSR count). The van der Waals surface area contributed by atoms with Gasteiger partial charge >= 0.3 is 5.97 Å². The molecule has 0 unspecified atom stereocenters. The molecule has 2 N–H and O–H groups in total. The molecular formula is C33H28Cl2N4O5. The molecule has 0 bridgehead atoms. The zero-order valence-electron chi connectivity index (χ0n) is 24.0. The highest BCUT2D eigenvalue weighted by molar-refractivity contribution is 6.36. The molecule has 224 valence electrons. The van der Waals surface area contributed by atoms with Crippen molar-refractivity contribution < 1.29 is 23.9 Å². The molecule has 2 amide bonds. The van der Waals surface area contributed by atoms with Crippen LogP contribution in [0.4, 0.5) is 5.69 Å². The first-order valence-electron chi connectivity index (χ1n) is 13.2. The monoisotopic (exact) mass is 630 g/mol. The fourth-order valence-corrected chi connectivity index (χ4v) is 4.35. The van der Waals surface area contributed by atoms with Crippen molar-refractivity contribution in [2.75, 3.05) is 26.1 Å². The molecule has 0 spiro atoms. The summed E-state index contributed by atoms with van der Waals surface area (Å²) in [7, 11) is 5.27. The van der Waals surface area contributed by atoms with Crippen molar-refractivity contribution >= 4 is 59.0 Å². The average Bonchev–Trinajstić information content (AvgIpc) is 3.01. The van der Waals surface area contributed by atoms with Crippen molar-refractivity contribution in [3.63, 3.8) is 0 Å². The van der Waals surface area contributed by atoms with Gasteiger partial charge in [0.05, 0.1) is 23.9 Å². The van der Waals surface area contributed by atoms with Crippen molar-refractivity contribution in [1.82, 2.24) is 10.7 Å². The second-order valence-corrected chi connectivity index (χ2v) is 10.3. The van der Waals surface area contributed by atoms with Crippen LogP contribution in [0, 0.1) is 0 Å². The van der Waals surface area contributed by atoms with Gasteiger partial charge < -0.3 is 19.7 Å². The fourth-order valence-electron chi connectivity index (χ4n) is 3.86. The summed E-state index contributed by atoms with van der Waals surface area (Å²) in [5.41, 5.74) is 5.19. The van der Waals surface area contributed by atoms with E-state index in [1.54, 1.807) is 48.5 Å². The van der Waals surface area contributed by atoms with Crippen LogP contribution < -0.4 is 25.1 Å². The van der Waals surface area contributed by atoms with Crippen molar-refractivity contribution in [3.8, 4) is 11.5 Å². The molecule has 0 aliphatic carbocycles. The average molecular weight is 632 g/mol. The van der Waals surface area contributed by atoms with E-state index < -0.39 is 17.8 Å². The Morgan fingerprint density at radius 3 is 2.20 bits per heavy atom. The third kappa shape index (κ3) is 8.47. The number of nitrogens with zero attached hydrogens (tertiary/aromatic N) is 2. The number of methoxy groups -OCH3 is 1. The summed E-state index contributed by atoms with van der Waals surface area (Å²) in [6.45, 7) is 0. The third-order valence-corrected chi connectivity index (χ3v) is 6.72. The number of esters is 1. The highest BCUT2D eigenvalue weighted by Gasteiger charge is 2.17. The highest BCUT2D eigenvalue weighted by Crippen LogP contribution is 2.30. The summed E-state index contributed by atoms with van der Waals surface area (Å²) in [4.78, 5) is 40.6. The molecular weight excluding hydrogens is 603 g/mol. The second kappa shape index (κ2) is 14.9. The number of carbonyl (C=O) groups excluding carboxylic acids is 3. The van der Waals surface area contributed by atoms with E-state index in [-0.39, 0.29) is 27.8 Å². The maximum Gasteiger partial charge on any atom is 0.345 e. The molecule has 0 aliphatic heterocycles. The molecule has 4 aromatic rings. The number of benzene rings is 4. The number of hydrazone groups is 1. The number of hydrogen-bond acceptors (Lipinski definition) is 7. The third-order valence-electron chi connectivity index (χ3n) is 6.17. The maximum absolute atomic E-state index is 13.1. The van der Waals surface area contributed by atoms with Gasteiger partial charge in [-0.3, -0.25) is 9.59 Å². The molecule has 44 heavy (non-hydrogen) atoms. The standard InChI is InChI=1S/C33H28Cl2N4O5/c1-39(2)25-13-9-21(10-14-25)17-28(37-31(40)23-7-5-4-6-8-23)32(41)38-36-20-22-11-16-29(30(18-22)43-3)44-33(42)26-15-12-24(34)19-27(26)35/h4-20H,1-3H3,(H,37,40)(H,38,41)/b28-17-,36-20-. The number of ether oxygens (including phenoxy) is 2. The van der Waals surface area contributed by atoms with Gasteiger partial charge in [-0.25, -0.2) is 10.2 Å². The first-order valence-corrected chi connectivity index (χ1v) is 13.9. The summed E-state index contributed by atoms with van der Waals surface area (Å²) in [5, 5.41) is 7.25. The number of nitrogens with one attached hydrogen (secondary N) is 2. The molecule has 0 fully saturated rings. The number of hydrogen-bond donors (Lipinski definition) is 2. The van der Waals surface area contributed by atoms with E-state index in [0.29, 0.717) is 21.7 Å². The van der Waals surface area contributed by atoms with E-state index in [2.05, 4.69) is 15.8 Å². The van der Waals surface area contributed by atoms with E-state index >= 15 is 0 Å². The Bertz CT molecular complexity index is 1720. The molecule has 11 heteroatoms. The lowest BCUT2D eigenvalue weighted by atomic mass is 10.1. The van der Waals surface area contributed by atoms with Crippen LogP contribution in [0.5, 0.6) is 11.5 Å². The minimum atomic E-state index is -0.688. The van der Waals surface area contributed by atoms with Crippen molar-refractivity contribution in [2.24, 2.45) is 5.10 Å². The largest absolute Gasteiger partial charge is 0.493 e. The van der Waals surface area contributed by atoms with Gasteiger partial charge in [0, 0.05) is 30.4 Å². The van der Waals surface area contributed by atoms with Crippen LogP contribution in [0.2, 0.25) is 10.0 Å². The minimum absolute atomic E-state index is 0.00527. The number of anilines is 1. The SMILES string of the molecule is COc1cc(/C=N\NC(=O)/C(=C/c2ccc(N(C)C)cc2)NC(=O)c2ccccc2)ccc1OC(=O)c1ccc(Cl)cc1Cl. The van der Waals surface area contributed by atoms with Crippen molar-refractivity contribution in [3.05, 3.63) is 129 Å². The van der Waals surface area contributed by atoms with Gasteiger partial charge in [-0.2, -0.15) is 5.10 Å². The molecule has 0 heterocycles. The first kappa shape index (κ1) is 31.8. The Kier molecular flexibility index (Phi) is 10.7. The van der Waals surface area contributed by atoms with Crippen molar-refractivity contribution in [1.29, 1.82) is 0 Å². The molecule has 0 aliphatic rings. The van der Waals surface area contributed by atoms with Gasteiger partial charge in [-0.15, -0.1) is 0 Å². The number of rotatable bonds is 10. The number of amides is 2. The molecule has 4 aromatic carbocycles. The molecule has 0 radical (unpaired) electrons. The summed E-state index contributed by atoms with van der Waals surface area (Å²) < 4.78 is 10.8. The highest BCUT2D eigenvalue weighted by atomic mass is 35.5. The molecule has 9 nitrogen and oxygen atoms in total. The van der Waals surface area contributed by atoms with E-state index in [0.717, 1.165) is 5.69 Å². The lowest BCUT2D eigenvalue weighted by molar-refractivity contribution is -0.117. The Morgan fingerprint density at radius 1 is 0.841 bits per heavy atom. The van der Waals surface area contributed by atoms with Gasteiger partial charge in [0.25, 0.3) is 11.8 Å². The quantitative estimate of drug-likeness (QED) is 0.0709. The first-order chi connectivity index (χ1) is 21.1. The van der Waals surface area contributed by atoms with Crippen LogP contribution in [-0.4, -0.2) is 45.2 Å². The zero-order valence-corrected chi connectivity index (χ0v) is 25.5.